The minimum atomic E-state index is -0.202. The fraction of sp³-hybridized carbons (Fsp3) is 0.500. The summed E-state index contributed by atoms with van der Waals surface area (Å²) in [4.78, 5) is 13.3. The van der Waals surface area contributed by atoms with Gasteiger partial charge in [-0.2, -0.15) is 0 Å². The van der Waals surface area contributed by atoms with Gasteiger partial charge in [-0.05, 0) is 30.4 Å². The molecule has 1 unspecified atom stereocenters. The molecule has 0 fully saturated rings. The second kappa shape index (κ2) is 3.14. The first kappa shape index (κ1) is 8.75. The van der Waals surface area contributed by atoms with E-state index in [9.17, 15) is 4.79 Å². The first-order chi connectivity index (χ1) is 6.20. The van der Waals surface area contributed by atoms with Crippen LogP contribution in [-0.4, -0.2) is 13.1 Å². The minimum Gasteiger partial charge on any atom is -0.465 e. The van der Waals surface area contributed by atoms with Crippen LogP contribution in [0.2, 0.25) is 0 Å². The third kappa shape index (κ3) is 1.48. The van der Waals surface area contributed by atoms with Crippen molar-refractivity contribution in [2.75, 3.05) is 7.11 Å². The fourth-order valence-electron chi connectivity index (χ4n) is 1.78. The van der Waals surface area contributed by atoms with Crippen LogP contribution in [0.1, 0.15) is 27.0 Å². The summed E-state index contributed by atoms with van der Waals surface area (Å²) >= 11 is 1.58. The van der Waals surface area contributed by atoms with Crippen molar-refractivity contribution < 1.29 is 9.53 Å². The van der Waals surface area contributed by atoms with Gasteiger partial charge in [0.25, 0.3) is 0 Å². The van der Waals surface area contributed by atoms with Crippen LogP contribution in [-0.2, 0) is 17.6 Å². The number of hydrogen-bond acceptors (Lipinski definition) is 3. The van der Waals surface area contributed by atoms with Gasteiger partial charge in [-0.3, -0.25) is 0 Å². The minimum absolute atomic E-state index is 0.202. The monoisotopic (exact) mass is 196 g/mol. The molecule has 0 radical (unpaired) electrons. The molecule has 0 bridgehead atoms. The van der Waals surface area contributed by atoms with E-state index in [1.807, 2.05) is 6.07 Å². The maximum absolute atomic E-state index is 11.2. The largest absolute Gasteiger partial charge is 0.465 e. The number of carbonyl (C=O) groups excluding carboxylic acids is 1. The average molecular weight is 196 g/mol. The molecule has 1 aliphatic rings. The third-order valence-corrected chi connectivity index (χ3v) is 3.57. The van der Waals surface area contributed by atoms with E-state index in [1.54, 1.807) is 11.3 Å². The summed E-state index contributed by atoms with van der Waals surface area (Å²) in [5.74, 6) is 0.542. The molecule has 0 aliphatic heterocycles. The zero-order valence-corrected chi connectivity index (χ0v) is 8.61. The number of fused-ring (bicyclic) bond motifs is 1. The number of thiophene rings is 1. The van der Waals surface area contributed by atoms with Crippen molar-refractivity contribution in [2.45, 2.75) is 19.8 Å². The van der Waals surface area contributed by atoms with Gasteiger partial charge in [-0.15, -0.1) is 11.3 Å². The number of ether oxygens (including phenoxy) is 1. The summed E-state index contributed by atoms with van der Waals surface area (Å²) in [5, 5.41) is 0. The van der Waals surface area contributed by atoms with Gasteiger partial charge in [0.05, 0.1) is 7.11 Å². The first-order valence-electron chi connectivity index (χ1n) is 4.40. The Morgan fingerprint density at radius 2 is 2.38 bits per heavy atom. The molecule has 0 saturated heterocycles. The van der Waals surface area contributed by atoms with E-state index < -0.39 is 0 Å². The summed E-state index contributed by atoms with van der Waals surface area (Å²) in [7, 11) is 1.43. The van der Waals surface area contributed by atoms with Crippen molar-refractivity contribution in [2.24, 2.45) is 5.92 Å². The zero-order valence-electron chi connectivity index (χ0n) is 7.79. The number of hydrogen-bond donors (Lipinski definition) is 0. The predicted octanol–water partition coefficient (Wildman–Crippen LogP) is 2.27. The normalized spacial score (nSPS) is 20.0. The molecule has 1 aromatic heterocycles. The molecule has 2 rings (SSSR count). The van der Waals surface area contributed by atoms with Gasteiger partial charge in [0, 0.05) is 4.88 Å². The number of esters is 1. The Balaban J connectivity index is 2.26. The van der Waals surface area contributed by atoms with Crippen LogP contribution in [0.3, 0.4) is 0 Å². The van der Waals surface area contributed by atoms with Crippen LogP contribution in [0.4, 0.5) is 0 Å². The van der Waals surface area contributed by atoms with E-state index in [0.717, 1.165) is 23.6 Å². The molecule has 70 valence electrons. The van der Waals surface area contributed by atoms with Gasteiger partial charge in [0.1, 0.15) is 4.88 Å². The number of methoxy groups -OCH3 is 1. The highest BCUT2D eigenvalue weighted by Crippen LogP contribution is 2.33. The zero-order chi connectivity index (χ0) is 9.42. The van der Waals surface area contributed by atoms with Gasteiger partial charge >= 0.3 is 5.97 Å². The lowest BCUT2D eigenvalue weighted by Gasteiger charge is -1.97. The van der Waals surface area contributed by atoms with Gasteiger partial charge in [-0.1, -0.05) is 6.92 Å². The highest BCUT2D eigenvalue weighted by molar-refractivity contribution is 7.14. The van der Waals surface area contributed by atoms with Crippen LogP contribution < -0.4 is 0 Å². The van der Waals surface area contributed by atoms with Crippen molar-refractivity contribution in [3.05, 3.63) is 21.4 Å². The molecule has 3 heteroatoms. The van der Waals surface area contributed by atoms with Crippen molar-refractivity contribution in [3.8, 4) is 0 Å². The Bertz CT molecular complexity index is 317. The summed E-state index contributed by atoms with van der Waals surface area (Å²) in [5.41, 5.74) is 1.35. The van der Waals surface area contributed by atoms with Crippen LogP contribution in [0.15, 0.2) is 6.07 Å². The number of rotatable bonds is 1. The van der Waals surface area contributed by atoms with E-state index in [1.165, 1.54) is 17.6 Å². The predicted molar refractivity (Wildman–Crippen MR) is 52.2 cm³/mol. The molecule has 0 aromatic carbocycles. The second-order valence-corrected chi connectivity index (χ2v) is 4.70. The molecule has 1 heterocycles. The van der Waals surface area contributed by atoms with Crippen molar-refractivity contribution in [1.29, 1.82) is 0 Å². The van der Waals surface area contributed by atoms with Crippen molar-refractivity contribution in [3.63, 3.8) is 0 Å². The second-order valence-electron chi connectivity index (χ2n) is 3.56. The van der Waals surface area contributed by atoms with Gasteiger partial charge in [-0.25, -0.2) is 4.79 Å². The highest BCUT2D eigenvalue weighted by Gasteiger charge is 2.22. The average Bonchev–Trinajstić information content (AvgIpc) is 2.59. The Labute approximate surface area is 81.5 Å². The highest BCUT2D eigenvalue weighted by atomic mass is 32.1. The first-order valence-corrected chi connectivity index (χ1v) is 5.22. The lowest BCUT2D eigenvalue weighted by atomic mass is 10.1. The van der Waals surface area contributed by atoms with E-state index in [4.69, 9.17) is 0 Å². The summed E-state index contributed by atoms with van der Waals surface area (Å²) < 4.78 is 4.67. The Morgan fingerprint density at radius 1 is 1.62 bits per heavy atom. The molecule has 0 N–H and O–H groups in total. The molecular weight excluding hydrogens is 184 g/mol. The van der Waals surface area contributed by atoms with Crippen LogP contribution >= 0.6 is 11.3 Å². The molecule has 0 saturated carbocycles. The Hall–Kier alpha value is -0.830. The van der Waals surface area contributed by atoms with E-state index >= 15 is 0 Å². The molecule has 2 nitrogen and oxygen atoms in total. The van der Waals surface area contributed by atoms with Crippen LogP contribution in [0.5, 0.6) is 0 Å². The van der Waals surface area contributed by atoms with E-state index in [-0.39, 0.29) is 5.97 Å². The topological polar surface area (TPSA) is 26.3 Å². The molecule has 1 aliphatic carbocycles. The molecular formula is C10H12O2S. The summed E-state index contributed by atoms with van der Waals surface area (Å²) in [6.45, 7) is 2.24. The Morgan fingerprint density at radius 3 is 3.00 bits per heavy atom. The van der Waals surface area contributed by atoms with E-state index in [2.05, 4.69) is 11.7 Å². The lowest BCUT2D eigenvalue weighted by molar-refractivity contribution is 0.0606. The van der Waals surface area contributed by atoms with Gasteiger partial charge < -0.3 is 4.74 Å². The van der Waals surface area contributed by atoms with Crippen LogP contribution in [0, 0.1) is 5.92 Å². The smallest absolute Gasteiger partial charge is 0.348 e. The van der Waals surface area contributed by atoms with Gasteiger partial charge in [0.2, 0.25) is 0 Å². The lowest BCUT2D eigenvalue weighted by Crippen LogP contribution is -1.98. The van der Waals surface area contributed by atoms with Crippen molar-refractivity contribution >= 4 is 17.3 Å². The van der Waals surface area contributed by atoms with Crippen LogP contribution in [0.25, 0.3) is 0 Å². The quantitative estimate of drug-likeness (QED) is 0.644. The maximum Gasteiger partial charge on any atom is 0.348 e. The van der Waals surface area contributed by atoms with Crippen molar-refractivity contribution in [1.82, 2.24) is 0 Å². The standard InChI is InChI=1S/C10H12O2S/c1-6-3-7-5-9(10(11)12-2)13-8(7)4-6/h5-6H,3-4H2,1-2H3. The fourth-order valence-corrected chi connectivity index (χ4v) is 3.05. The molecule has 0 spiro atoms. The summed E-state index contributed by atoms with van der Waals surface area (Å²) in [6.07, 6.45) is 2.24. The SMILES string of the molecule is COC(=O)c1cc2c(s1)CC(C)C2. The molecule has 0 amide bonds. The third-order valence-electron chi connectivity index (χ3n) is 2.39. The Kier molecular flexibility index (Phi) is 2.12. The maximum atomic E-state index is 11.2. The summed E-state index contributed by atoms with van der Waals surface area (Å²) in [6, 6.07) is 1.98. The van der Waals surface area contributed by atoms with E-state index in [0.29, 0.717) is 0 Å². The molecule has 13 heavy (non-hydrogen) atoms. The number of carbonyl (C=O) groups is 1. The molecule has 1 atom stereocenters. The molecule has 1 aromatic rings. The van der Waals surface area contributed by atoms with Gasteiger partial charge in [0.15, 0.2) is 0 Å².